The molecule has 0 aromatic carbocycles. The van der Waals surface area contributed by atoms with Gasteiger partial charge in [-0.15, -0.1) is 0 Å². The van der Waals surface area contributed by atoms with Crippen LogP contribution in [0.3, 0.4) is 0 Å². The molecule has 0 spiro atoms. The zero-order valence-corrected chi connectivity index (χ0v) is 11.9. The fourth-order valence-corrected chi connectivity index (χ4v) is 1.56. The van der Waals surface area contributed by atoms with Crippen molar-refractivity contribution in [2.24, 2.45) is 5.92 Å². The Morgan fingerprint density at radius 1 is 1.32 bits per heavy atom. The van der Waals surface area contributed by atoms with E-state index in [-0.39, 0.29) is 18.4 Å². The lowest BCUT2D eigenvalue weighted by atomic mass is 10.1. The molecule has 0 bridgehead atoms. The number of rotatable bonds is 12. The molecule has 0 aliphatic rings. The highest BCUT2D eigenvalue weighted by molar-refractivity contribution is 5.75. The summed E-state index contributed by atoms with van der Waals surface area (Å²) >= 11 is 0. The molecule has 0 aromatic heterocycles. The van der Waals surface area contributed by atoms with E-state index in [1.54, 1.807) is 0 Å². The molecule has 0 saturated heterocycles. The van der Waals surface area contributed by atoms with Gasteiger partial charge in [-0.25, -0.2) is 0 Å². The van der Waals surface area contributed by atoms with E-state index in [0.29, 0.717) is 13.0 Å². The molecule has 112 valence electrons. The van der Waals surface area contributed by atoms with Crippen LogP contribution >= 0.6 is 0 Å². The standard InChI is InChI=1S/C14H28N2O3/c1-3-13(18)15-9-6-4-5-7-14(19)16-10-8-12(2)11-17/h3,12-13,15,17-18H,1,4-11H2,2H3,(H,16,19). The number of amides is 1. The monoisotopic (exact) mass is 272 g/mol. The maximum absolute atomic E-state index is 11.5. The Hall–Kier alpha value is -0.910. The number of aliphatic hydroxyl groups is 2. The molecule has 2 atom stereocenters. The van der Waals surface area contributed by atoms with E-state index < -0.39 is 6.23 Å². The van der Waals surface area contributed by atoms with Crippen LogP contribution in [0, 0.1) is 5.92 Å². The number of hydrogen-bond acceptors (Lipinski definition) is 4. The summed E-state index contributed by atoms with van der Waals surface area (Å²) in [5, 5.41) is 23.7. The molecule has 0 saturated carbocycles. The molecule has 0 aliphatic carbocycles. The van der Waals surface area contributed by atoms with Gasteiger partial charge >= 0.3 is 0 Å². The Morgan fingerprint density at radius 3 is 2.68 bits per heavy atom. The maximum Gasteiger partial charge on any atom is 0.219 e. The largest absolute Gasteiger partial charge is 0.396 e. The molecule has 2 unspecified atom stereocenters. The van der Waals surface area contributed by atoms with Crippen molar-refractivity contribution in [2.75, 3.05) is 19.7 Å². The molecule has 5 nitrogen and oxygen atoms in total. The van der Waals surface area contributed by atoms with E-state index in [9.17, 15) is 4.79 Å². The van der Waals surface area contributed by atoms with Gasteiger partial charge in [0, 0.05) is 19.6 Å². The van der Waals surface area contributed by atoms with Crippen molar-refractivity contribution in [3.8, 4) is 0 Å². The summed E-state index contributed by atoms with van der Waals surface area (Å²) in [7, 11) is 0. The predicted molar refractivity (Wildman–Crippen MR) is 76.6 cm³/mol. The van der Waals surface area contributed by atoms with E-state index in [0.717, 1.165) is 32.2 Å². The van der Waals surface area contributed by atoms with E-state index >= 15 is 0 Å². The molecular weight excluding hydrogens is 244 g/mol. The third kappa shape index (κ3) is 11.9. The zero-order valence-electron chi connectivity index (χ0n) is 11.9. The summed E-state index contributed by atoms with van der Waals surface area (Å²) in [6, 6.07) is 0. The summed E-state index contributed by atoms with van der Waals surface area (Å²) < 4.78 is 0. The van der Waals surface area contributed by atoms with Gasteiger partial charge in [-0.2, -0.15) is 0 Å². The van der Waals surface area contributed by atoms with Gasteiger partial charge in [-0.3, -0.25) is 10.1 Å². The number of aliphatic hydroxyl groups excluding tert-OH is 2. The van der Waals surface area contributed by atoms with Crippen molar-refractivity contribution in [3.05, 3.63) is 12.7 Å². The summed E-state index contributed by atoms with van der Waals surface area (Å²) in [4.78, 5) is 11.5. The lowest BCUT2D eigenvalue weighted by molar-refractivity contribution is -0.121. The average Bonchev–Trinajstić information content (AvgIpc) is 2.41. The van der Waals surface area contributed by atoms with Gasteiger partial charge < -0.3 is 15.5 Å². The van der Waals surface area contributed by atoms with Crippen molar-refractivity contribution < 1.29 is 15.0 Å². The van der Waals surface area contributed by atoms with E-state index in [1.165, 1.54) is 6.08 Å². The van der Waals surface area contributed by atoms with Crippen molar-refractivity contribution in [1.29, 1.82) is 0 Å². The van der Waals surface area contributed by atoms with Gasteiger partial charge in [0.2, 0.25) is 5.91 Å². The number of unbranched alkanes of at least 4 members (excludes halogenated alkanes) is 2. The molecule has 19 heavy (non-hydrogen) atoms. The second-order valence-electron chi connectivity index (χ2n) is 4.87. The van der Waals surface area contributed by atoms with Crippen molar-refractivity contribution >= 4 is 5.91 Å². The highest BCUT2D eigenvalue weighted by Crippen LogP contribution is 2.01. The van der Waals surface area contributed by atoms with Gasteiger partial charge in [0.15, 0.2) is 0 Å². The Labute approximate surface area is 116 Å². The van der Waals surface area contributed by atoms with E-state index in [1.807, 2.05) is 6.92 Å². The molecule has 0 rings (SSSR count). The average molecular weight is 272 g/mol. The lowest BCUT2D eigenvalue weighted by Gasteiger charge is -2.09. The van der Waals surface area contributed by atoms with Gasteiger partial charge in [0.05, 0.1) is 0 Å². The number of hydrogen-bond donors (Lipinski definition) is 4. The summed E-state index contributed by atoms with van der Waals surface area (Å²) in [5.74, 6) is 0.312. The molecule has 0 fully saturated rings. The SMILES string of the molecule is C=CC(O)NCCCCCC(=O)NCCC(C)CO. The van der Waals surface area contributed by atoms with Crippen LogP contribution in [0.2, 0.25) is 0 Å². The van der Waals surface area contributed by atoms with Crippen LogP contribution in [-0.4, -0.2) is 42.0 Å². The Bertz CT molecular complexity index is 247. The smallest absolute Gasteiger partial charge is 0.219 e. The first-order chi connectivity index (χ1) is 9.10. The highest BCUT2D eigenvalue weighted by atomic mass is 16.3. The van der Waals surface area contributed by atoms with Gasteiger partial charge in [0.1, 0.15) is 6.23 Å². The maximum atomic E-state index is 11.5. The molecular formula is C14H28N2O3. The normalized spacial score (nSPS) is 13.8. The fourth-order valence-electron chi connectivity index (χ4n) is 1.56. The van der Waals surface area contributed by atoms with Gasteiger partial charge in [0.25, 0.3) is 0 Å². The van der Waals surface area contributed by atoms with Crippen LogP contribution in [0.1, 0.15) is 39.0 Å². The van der Waals surface area contributed by atoms with E-state index in [4.69, 9.17) is 10.2 Å². The summed E-state index contributed by atoms with van der Waals surface area (Å²) in [5.41, 5.74) is 0. The minimum atomic E-state index is -0.642. The first kappa shape index (κ1) is 18.1. The number of carbonyl (C=O) groups excluding carboxylic acids is 1. The Balaban J connectivity index is 3.31. The molecule has 5 heteroatoms. The molecule has 0 heterocycles. The van der Waals surface area contributed by atoms with Crippen molar-refractivity contribution in [3.63, 3.8) is 0 Å². The van der Waals surface area contributed by atoms with Crippen LogP contribution in [0.4, 0.5) is 0 Å². The minimum Gasteiger partial charge on any atom is -0.396 e. The first-order valence-electron chi connectivity index (χ1n) is 7.01. The highest BCUT2D eigenvalue weighted by Gasteiger charge is 2.03. The van der Waals surface area contributed by atoms with Crippen molar-refractivity contribution in [1.82, 2.24) is 10.6 Å². The second kappa shape index (κ2) is 12.1. The summed E-state index contributed by atoms with van der Waals surface area (Å²) in [6.07, 6.45) is 4.89. The number of carbonyl (C=O) groups is 1. The Morgan fingerprint density at radius 2 is 2.05 bits per heavy atom. The lowest BCUT2D eigenvalue weighted by Crippen LogP contribution is -2.27. The zero-order chi connectivity index (χ0) is 14.5. The third-order valence-electron chi connectivity index (χ3n) is 2.93. The molecule has 0 radical (unpaired) electrons. The van der Waals surface area contributed by atoms with Crippen LogP contribution in [-0.2, 0) is 4.79 Å². The second-order valence-corrected chi connectivity index (χ2v) is 4.87. The fraction of sp³-hybridized carbons (Fsp3) is 0.786. The van der Waals surface area contributed by atoms with Crippen LogP contribution in [0.25, 0.3) is 0 Å². The topological polar surface area (TPSA) is 81.6 Å². The molecule has 4 N–H and O–H groups in total. The van der Waals surface area contributed by atoms with Crippen LogP contribution < -0.4 is 10.6 Å². The molecule has 0 aliphatic heterocycles. The molecule has 1 amide bonds. The van der Waals surface area contributed by atoms with Gasteiger partial charge in [-0.1, -0.05) is 19.9 Å². The quantitative estimate of drug-likeness (QED) is 0.240. The first-order valence-corrected chi connectivity index (χ1v) is 7.01. The summed E-state index contributed by atoms with van der Waals surface area (Å²) in [6.45, 7) is 6.94. The van der Waals surface area contributed by atoms with Crippen LogP contribution in [0.5, 0.6) is 0 Å². The van der Waals surface area contributed by atoms with Crippen LogP contribution in [0.15, 0.2) is 12.7 Å². The predicted octanol–water partition coefficient (Wildman–Crippen LogP) is 0.775. The number of nitrogens with one attached hydrogen (secondary N) is 2. The van der Waals surface area contributed by atoms with Gasteiger partial charge in [-0.05, 0) is 37.8 Å². The van der Waals surface area contributed by atoms with E-state index in [2.05, 4.69) is 17.2 Å². The Kier molecular flexibility index (Phi) is 11.6. The molecule has 0 aromatic rings. The third-order valence-corrected chi connectivity index (χ3v) is 2.93. The minimum absolute atomic E-state index is 0.0734. The van der Waals surface area contributed by atoms with Crippen molar-refractivity contribution in [2.45, 2.75) is 45.3 Å².